The highest BCUT2D eigenvalue weighted by Gasteiger charge is 2.27. The molecule has 0 amide bonds. The van der Waals surface area contributed by atoms with E-state index in [4.69, 9.17) is 21.1 Å². The topological polar surface area (TPSA) is 35.8 Å². The third-order valence-electron chi connectivity index (χ3n) is 3.14. The second kappa shape index (κ2) is 5.62. The van der Waals surface area contributed by atoms with E-state index in [0.29, 0.717) is 13.2 Å². The molecule has 1 aliphatic heterocycles. The predicted molar refractivity (Wildman–Crippen MR) is 83.3 cm³/mol. The molecule has 0 N–H and O–H groups in total. The smallest absolute Gasteiger partial charge is 0.202 e. The summed E-state index contributed by atoms with van der Waals surface area (Å²) in [5.41, 5.74) is 0.962. The van der Waals surface area contributed by atoms with E-state index in [0.717, 1.165) is 25.6 Å². The fourth-order valence-electron chi connectivity index (χ4n) is 2.20. The van der Waals surface area contributed by atoms with Crippen LogP contribution in [0.1, 0.15) is 12.0 Å². The highest BCUT2D eigenvalue weighted by atomic mass is 35.5. The van der Waals surface area contributed by atoms with Gasteiger partial charge < -0.3 is 9.47 Å². The Morgan fingerprint density at radius 1 is 1.24 bits per heavy atom. The van der Waals surface area contributed by atoms with Crippen LogP contribution in [0.5, 0.6) is 0 Å². The quantitative estimate of drug-likeness (QED) is 0.715. The van der Waals surface area contributed by atoms with Crippen LogP contribution in [-0.2, 0) is 9.47 Å². The number of thiazole rings is 1. The molecule has 7 heteroatoms. The average Bonchev–Trinajstić information content (AvgIpc) is 3.17. The largest absolute Gasteiger partial charge is 0.345 e. The lowest BCUT2D eigenvalue weighted by Crippen LogP contribution is -2.03. The van der Waals surface area contributed by atoms with Crippen molar-refractivity contribution in [1.29, 1.82) is 0 Å². The first kappa shape index (κ1) is 13.6. The SMILES string of the molecule is Clc1ccc(Sc2nc3sccn3c2C2OCCO2)cc1. The Hall–Kier alpha value is -1.05. The van der Waals surface area contributed by atoms with Crippen molar-refractivity contribution < 1.29 is 9.47 Å². The Bertz CT molecular complexity index is 763. The van der Waals surface area contributed by atoms with Gasteiger partial charge in [0, 0.05) is 21.5 Å². The minimum atomic E-state index is -0.343. The van der Waals surface area contributed by atoms with Crippen molar-refractivity contribution in [3.8, 4) is 0 Å². The van der Waals surface area contributed by atoms with Crippen molar-refractivity contribution >= 4 is 39.7 Å². The molecule has 2 aromatic heterocycles. The van der Waals surface area contributed by atoms with Gasteiger partial charge in [0.2, 0.25) is 6.29 Å². The normalized spacial score (nSPS) is 16.0. The molecule has 3 heterocycles. The van der Waals surface area contributed by atoms with E-state index in [-0.39, 0.29) is 6.29 Å². The Morgan fingerprint density at radius 2 is 2.00 bits per heavy atom. The highest BCUT2D eigenvalue weighted by Crippen LogP contribution is 2.37. The molecule has 0 atom stereocenters. The molecule has 4 rings (SSSR count). The van der Waals surface area contributed by atoms with E-state index < -0.39 is 0 Å². The summed E-state index contributed by atoms with van der Waals surface area (Å²) in [6.07, 6.45) is 1.66. The number of hydrogen-bond acceptors (Lipinski definition) is 5. The van der Waals surface area contributed by atoms with E-state index in [1.807, 2.05) is 40.2 Å². The lowest BCUT2D eigenvalue weighted by Gasteiger charge is -2.10. The maximum Gasteiger partial charge on any atom is 0.202 e. The second-order valence-corrected chi connectivity index (χ2v) is 6.86. The molecule has 1 fully saturated rings. The van der Waals surface area contributed by atoms with Crippen LogP contribution in [0.2, 0.25) is 5.02 Å². The first-order chi connectivity index (χ1) is 10.3. The molecule has 1 aliphatic rings. The minimum Gasteiger partial charge on any atom is -0.345 e. The molecule has 0 spiro atoms. The van der Waals surface area contributed by atoms with Crippen LogP contribution in [-0.4, -0.2) is 22.6 Å². The van der Waals surface area contributed by atoms with Crippen molar-refractivity contribution in [3.05, 3.63) is 46.6 Å². The molecule has 1 saturated heterocycles. The molecular weight excluding hydrogens is 328 g/mol. The fourth-order valence-corrected chi connectivity index (χ4v) is 4.03. The van der Waals surface area contributed by atoms with E-state index >= 15 is 0 Å². The van der Waals surface area contributed by atoms with Crippen molar-refractivity contribution in [3.63, 3.8) is 0 Å². The van der Waals surface area contributed by atoms with Crippen LogP contribution in [0.25, 0.3) is 4.96 Å². The average molecular weight is 339 g/mol. The third kappa shape index (κ3) is 2.58. The van der Waals surface area contributed by atoms with Gasteiger partial charge in [-0.05, 0) is 24.3 Å². The zero-order valence-electron chi connectivity index (χ0n) is 10.9. The summed E-state index contributed by atoms with van der Waals surface area (Å²) < 4.78 is 13.4. The molecule has 0 radical (unpaired) electrons. The van der Waals surface area contributed by atoms with Crippen LogP contribution in [0, 0.1) is 0 Å². The van der Waals surface area contributed by atoms with Crippen molar-refractivity contribution in [2.24, 2.45) is 0 Å². The molecule has 108 valence electrons. The van der Waals surface area contributed by atoms with E-state index in [1.165, 1.54) is 0 Å². The maximum absolute atomic E-state index is 5.93. The molecule has 0 saturated carbocycles. The monoisotopic (exact) mass is 338 g/mol. The van der Waals surface area contributed by atoms with Gasteiger partial charge in [0.1, 0.15) is 10.7 Å². The van der Waals surface area contributed by atoms with Gasteiger partial charge in [-0.3, -0.25) is 4.40 Å². The van der Waals surface area contributed by atoms with Crippen LogP contribution in [0.15, 0.2) is 45.8 Å². The number of nitrogens with zero attached hydrogens (tertiary/aromatic N) is 2. The Balaban J connectivity index is 1.74. The molecule has 0 bridgehead atoms. The number of rotatable bonds is 3. The lowest BCUT2D eigenvalue weighted by atomic mass is 10.4. The van der Waals surface area contributed by atoms with E-state index in [9.17, 15) is 0 Å². The second-order valence-electron chi connectivity index (χ2n) is 4.49. The number of imidazole rings is 1. The van der Waals surface area contributed by atoms with Gasteiger partial charge in [-0.1, -0.05) is 23.4 Å². The van der Waals surface area contributed by atoms with E-state index in [1.54, 1.807) is 23.1 Å². The van der Waals surface area contributed by atoms with Crippen molar-refractivity contribution in [2.75, 3.05) is 13.2 Å². The van der Waals surface area contributed by atoms with Gasteiger partial charge in [0.05, 0.1) is 13.2 Å². The van der Waals surface area contributed by atoms with Crippen LogP contribution < -0.4 is 0 Å². The van der Waals surface area contributed by atoms with Gasteiger partial charge in [0.15, 0.2) is 4.96 Å². The number of halogens is 1. The van der Waals surface area contributed by atoms with Crippen LogP contribution in [0.3, 0.4) is 0 Å². The first-order valence-electron chi connectivity index (χ1n) is 6.43. The Morgan fingerprint density at radius 3 is 2.76 bits per heavy atom. The first-order valence-corrected chi connectivity index (χ1v) is 8.51. The highest BCUT2D eigenvalue weighted by molar-refractivity contribution is 7.99. The zero-order valence-corrected chi connectivity index (χ0v) is 13.2. The molecule has 4 nitrogen and oxygen atoms in total. The van der Waals surface area contributed by atoms with Crippen molar-refractivity contribution in [1.82, 2.24) is 9.38 Å². The van der Waals surface area contributed by atoms with Gasteiger partial charge in [-0.2, -0.15) is 0 Å². The summed E-state index contributed by atoms with van der Waals surface area (Å²) in [5.74, 6) is 0. The predicted octanol–water partition coefficient (Wildman–Crippen LogP) is 4.25. The summed E-state index contributed by atoms with van der Waals surface area (Å²) in [7, 11) is 0. The molecular formula is C14H11ClN2O2S2. The molecule has 0 unspecified atom stereocenters. The Kier molecular flexibility index (Phi) is 3.64. The number of hydrogen-bond donors (Lipinski definition) is 0. The van der Waals surface area contributed by atoms with Gasteiger partial charge in [-0.25, -0.2) is 4.98 Å². The van der Waals surface area contributed by atoms with Gasteiger partial charge >= 0.3 is 0 Å². The number of fused-ring (bicyclic) bond motifs is 1. The molecule has 21 heavy (non-hydrogen) atoms. The molecule has 0 aliphatic carbocycles. The third-order valence-corrected chi connectivity index (χ3v) is 5.15. The van der Waals surface area contributed by atoms with Crippen LogP contribution >= 0.6 is 34.7 Å². The maximum atomic E-state index is 5.93. The van der Waals surface area contributed by atoms with E-state index in [2.05, 4.69) is 4.98 Å². The van der Waals surface area contributed by atoms with Gasteiger partial charge in [-0.15, -0.1) is 11.3 Å². The number of benzene rings is 1. The summed E-state index contributed by atoms with van der Waals surface area (Å²) >= 11 is 9.13. The minimum absolute atomic E-state index is 0.343. The fraction of sp³-hybridized carbons (Fsp3) is 0.214. The Labute approximate surface area is 134 Å². The number of ether oxygens (including phenoxy) is 2. The summed E-state index contributed by atoms with van der Waals surface area (Å²) in [6.45, 7) is 1.24. The lowest BCUT2D eigenvalue weighted by molar-refractivity contribution is -0.0499. The summed E-state index contributed by atoms with van der Waals surface area (Å²) in [6, 6.07) is 7.73. The zero-order chi connectivity index (χ0) is 14.2. The standard InChI is InChI=1S/C14H11ClN2O2S2/c15-9-1-3-10(4-2-9)21-12-11(13-18-6-7-19-13)17-5-8-20-14(17)16-12/h1-5,8,13H,6-7H2. The summed E-state index contributed by atoms with van der Waals surface area (Å²) in [5, 5.41) is 3.65. The summed E-state index contributed by atoms with van der Waals surface area (Å²) in [4.78, 5) is 6.72. The van der Waals surface area contributed by atoms with Crippen molar-refractivity contribution in [2.45, 2.75) is 16.2 Å². The molecule has 3 aromatic rings. The number of aromatic nitrogens is 2. The van der Waals surface area contributed by atoms with Gasteiger partial charge in [0.25, 0.3) is 0 Å². The molecule has 1 aromatic carbocycles. The van der Waals surface area contributed by atoms with Crippen LogP contribution in [0.4, 0.5) is 0 Å².